The molecule has 0 radical (unpaired) electrons. The largest absolute Gasteiger partial charge is 0.447 e. The van der Waals surface area contributed by atoms with Crippen LogP contribution in [0.1, 0.15) is 36.8 Å². The third kappa shape index (κ3) is 4.35. The van der Waals surface area contributed by atoms with Crippen molar-refractivity contribution in [2.24, 2.45) is 5.92 Å². The Bertz CT molecular complexity index is 838. The summed E-state index contributed by atoms with van der Waals surface area (Å²) in [6.07, 6.45) is 1.00. The molecule has 2 aliphatic rings. The number of nitrogens with zero attached hydrogens (tertiary/aromatic N) is 1. The lowest BCUT2D eigenvalue weighted by molar-refractivity contribution is -0.135. The van der Waals surface area contributed by atoms with Crippen molar-refractivity contribution in [2.75, 3.05) is 13.2 Å². The molecule has 5 nitrogen and oxygen atoms in total. The van der Waals surface area contributed by atoms with Crippen LogP contribution in [0.2, 0.25) is 0 Å². The van der Waals surface area contributed by atoms with Crippen LogP contribution in [-0.4, -0.2) is 42.3 Å². The predicted octanol–water partition coefficient (Wildman–Crippen LogP) is 4.18. The van der Waals surface area contributed by atoms with E-state index in [4.69, 9.17) is 9.47 Å². The molecule has 0 spiro atoms. The van der Waals surface area contributed by atoms with Crippen molar-refractivity contribution in [3.8, 4) is 0 Å². The second kappa shape index (κ2) is 8.78. The molecule has 2 fully saturated rings. The van der Waals surface area contributed by atoms with Gasteiger partial charge in [-0.2, -0.15) is 0 Å². The Hall–Kier alpha value is -2.66. The van der Waals surface area contributed by atoms with Crippen LogP contribution in [0.4, 0.5) is 4.79 Å². The van der Waals surface area contributed by atoms with E-state index in [0.29, 0.717) is 18.9 Å². The van der Waals surface area contributed by atoms with Crippen molar-refractivity contribution < 1.29 is 19.1 Å². The zero-order valence-electron chi connectivity index (χ0n) is 16.7. The predicted molar refractivity (Wildman–Crippen MR) is 109 cm³/mol. The highest BCUT2D eigenvalue weighted by atomic mass is 16.6. The first-order valence-electron chi connectivity index (χ1n) is 10.3. The Morgan fingerprint density at radius 3 is 2.48 bits per heavy atom. The van der Waals surface area contributed by atoms with Gasteiger partial charge in [-0.1, -0.05) is 67.6 Å². The van der Waals surface area contributed by atoms with Gasteiger partial charge in [0.2, 0.25) is 5.91 Å². The molecular formula is C24H27NO4. The van der Waals surface area contributed by atoms with Gasteiger partial charge in [-0.25, -0.2) is 9.69 Å². The highest BCUT2D eigenvalue weighted by Gasteiger charge is 2.41. The summed E-state index contributed by atoms with van der Waals surface area (Å²) < 4.78 is 11.2. The van der Waals surface area contributed by atoms with Gasteiger partial charge in [0.05, 0.1) is 18.6 Å². The SMILES string of the molecule is C[C@@H]1[C@H](CC(=O)N2C(=O)OC[C@@H]2Cc2ccccc2)OCC[C@H]1c1ccccc1. The van der Waals surface area contributed by atoms with E-state index in [1.807, 2.05) is 48.5 Å². The lowest BCUT2D eigenvalue weighted by Crippen LogP contribution is -2.44. The highest BCUT2D eigenvalue weighted by Crippen LogP contribution is 2.37. The lowest BCUT2D eigenvalue weighted by atomic mass is 9.79. The van der Waals surface area contributed by atoms with Gasteiger partial charge in [-0.15, -0.1) is 0 Å². The molecule has 2 aromatic rings. The van der Waals surface area contributed by atoms with Crippen molar-refractivity contribution in [2.45, 2.75) is 44.2 Å². The molecule has 0 aromatic heterocycles. The minimum Gasteiger partial charge on any atom is -0.447 e. The quantitative estimate of drug-likeness (QED) is 0.765. The van der Waals surface area contributed by atoms with Crippen LogP contribution in [0.25, 0.3) is 0 Å². The average Bonchev–Trinajstić information content (AvgIpc) is 3.11. The summed E-state index contributed by atoms with van der Waals surface area (Å²) in [6, 6.07) is 20.0. The van der Waals surface area contributed by atoms with Gasteiger partial charge in [-0.05, 0) is 35.8 Å². The zero-order valence-corrected chi connectivity index (χ0v) is 16.7. The molecule has 5 heteroatoms. The van der Waals surface area contributed by atoms with Crippen molar-refractivity contribution in [3.63, 3.8) is 0 Å². The molecule has 0 saturated carbocycles. The number of cyclic esters (lactones) is 1. The maximum atomic E-state index is 13.1. The van der Waals surface area contributed by atoms with E-state index in [9.17, 15) is 9.59 Å². The second-order valence-corrected chi connectivity index (χ2v) is 7.96. The van der Waals surface area contributed by atoms with Crippen LogP contribution >= 0.6 is 0 Å². The van der Waals surface area contributed by atoms with E-state index in [0.717, 1.165) is 12.0 Å². The van der Waals surface area contributed by atoms with Crippen LogP contribution in [0.15, 0.2) is 60.7 Å². The second-order valence-electron chi connectivity index (χ2n) is 7.96. The number of hydrogen-bond acceptors (Lipinski definition) is 4. The number of amides is 2. The summed E-state index contributed by atoms with van der Waals surface area (Å²) in [5, 5.41) is 0. The third-order valence-electron chi connectivity index (χ3n) is 6.13. The maximum Gasteiger partial charge on any atom is 0.416 e. The number of ether oxygens (including phenoxy) is 2. The molecule has 4 atom stereocenters. The van der Waals surface area contributed by atoms with Crippen LogP contribution in [0.3, 0.4) is 0 Å². The first kappa shape index (κ1) is 19.6. The summed E-state index contributed by atoms with van der Waals surface area (Å²) in [6.45, 7) is 3.01. The summed E-state index contributed by atoms with van der Waals surface area (Å²) >= 11 is 0. The Morgan fingerprint density at radius 1 is 1.07 bits per heavy atom. The Morgan fingerprint density at radius 2 is 1.76 bits per heavy atom. The zero-order chi connectivity index (χ0) is 20.2. The smallest absolute Gasteiger partial charge is 0.416 e. The monoisotopic (exact) mass is 393 g/mol. The molecule has 2 heterocycles. The fourth-order valence-corrected chi connectivity index (χ4v) is 4.51. The van der Waals surface area contributed by atoms with E-state index in [1.165, 1.54) is 10.5 Å². The molecule has 152 valence electrons. The van der Waals surface area contributed by atoms with Crippen molar-refractivity contribution in [1.29, 1.82) is 0 Å². The molecular weight excluding hydrogens is 366 g/mol. The first-order chi connectivity index (χ1) is 14.1. The molecule has 2 aliphatic heterocycles. The number of imide groups is 1. The molecule has 0 unspecified atom stereocenters. The van der Waals surface area contributed by atoms with E-state index in [2.05, 4.69) is 19.1 Å². The lowest BCUT2D eigenvalue weighted by Gasteiger charge is -2.36. The normalized spacial score (nSPS) is 26.9. The van der Waals surface area contributed by atoms with E-state index in [1.54, 1.807) is 0 Å². The molecule has 0 bridgehead atoms. The maximum absolute atomic E-state index is 13.1. The summed E-state index contributed by atoms with van der Waals surface area (Å²) in [4.78, 5) is 26.6. The van der Waals surface area contributed by atoms with Gasteiger partial charge in [0.15, 0.2) is 0 Å². The first-order valence-corrected chi connectivity index (χ1v) is 10.3. The van der Waals surface area contributed by atoms with Crippen LogP contribution in [0.5, 0.6) is 0 Å². The van der Waals surface area contributed by atoms with Crippen LogP contribution in [-0.2, 0) is 20.7 Å². The summed E-state index contributed by atoms with van der Waals surface area (Å²) in [7, 11) is 0. The topological polar surface area (TPSA) is 55.8 Å². The highest BCUT2D eigenvalue weighted by molar-refractivity contribution is 5.93. The standard InChI is InChI=1S/C24H27NO4/c1-17-21(19-10-6-3-7-11-19)12-13-28-22(17)15-23(26)25-20(16-29-24(25)27)14-18-8-4-2-5-9-18/h2-11,17,20-22H,12-16H2,1H3/t17-,20-,21+,22-/m0/s1. The van der Waals surface area contributed by atoms with Crippen molar-refractivity contribution in [1.82, 2.24) is 4.90 Å². The third-order valence-corrected chi connectivity index (χ3v) is 6.13. The van der Waals surface area contributed by atoms with E-state index >= 15 is 0 Å². The van der Waals surface area contributed by atoms with Gasteiger partial charge < -0.3 is 9.47 Å². The van der Waals surface area contributed by atoms with Crippen molar-refractivity contribution in [3.05, 3.63) is 71.8 Å². The number of benzene rings is 2. The molecule has 2 aromatic carbocycles. The Kier molecular flexibility index (Phi) is 5.95. The van der Waals surface area contributed by atoms with Gasteiger partial charge in [0, 0.05) is 6.61 Å². The summed E-state index contributed by atoms with van der Waals surface area (Å²) in [5.74, 6) is 0.341. The molecule has 4 rings (SSSR count). The number of hydrogen-bond donors (Lipinski definition) is 0. The minimum atomic E-state index is -0.543. The number of carbonyl (C=O) groups excluding carboxylic acids is 2. The number of rotatable bonds is 5. The summed E-state index contributed by atoms with van der Waals surface area (Å²) in [5.41, 5.74) is 2.36. The Balaban J connectivity index is 1.43. The molecule has 2 amide bonds. The van der Waals surface area contributed by atoms with Gasteiger partial charge in [0.25, 0.3) is 0 Å². The molecule has 2 saturated heterocycles. The molecule has 0 aliphatic carbocycles. The average molecular weight is 393 g/mol. The molecule has 0 N–H and O–H groups in total. The van der Waals surface area contributed by atoms with E-state index in [-0.39, 0.29) is 37.0 Å². The van der Waals surface area contributed by atoms with E-state index < -0.39 is 6.09 Å². The fourth-order valence-electron chi connectivity index (χ4n) is 4.51. The molecule has 29 heavy (non-hydrogen) atoms. The van der Waals surface area contributed by atoms with Crippen LogP contribution in [0, 0.1) is 5.92 Å². The number of carbonyl (C=O) groups is 2. The van der Waals surface area contributed by atoms with Gasteiger partial charge >= 0.3 is 6.09 Å². The minimum absolute atomic E-state index is 0.196. The van der Waals surface area contributed by atoms with Crippen molar-refractivity contribution >= 4 is 12.0 Å². The van der Waals surface area contributed by atoms with Gasteiger partial charge in [0.1, 0.15) is 6.61 Å². The Labute approximate surface area is 171 Å². The van der Waals surface area contributed by atoms with Crippen LogP contribution < -0.4 is 0 Å². The fraction of sp³-hybridized carbons (Fsp3) is 0.417. The van der Waals surface area contributed by atoms with Gasteiger partial charge in [-0.3, -0.25) is 4.79 Å².